The Labute approximate surface area is 126 Å². The maximum atomic E-state index is 12.0. The molecule has 2 atom stereocenters. The smallest absolute Gasteiger partial charge is 0.222 e. The largest absolute Gasteiger partial charge is 0.497 e. The molecule has 0 saturated carbocycles. The Hall–Kier alpha value is -1.26. The molecule has 1 saturated heterocycles. The number of carbonyl (C=O) groups is 1. The van der Waals surface area contributed by atoms with E-state index in [1.807, 2.05) is 31.2 Å². The highest BCUT2D eigenvalue weighted by atomic mass is 35.5. The number of nitrogens with one attached hydrogen (secondary N) is 2. The highest BCUT2D eigenvalue weighted by Crippen LogP contribution is 2.19. The van der Waals surface area contributed by atoms with Crippen LogP contribution in [-0.2, 0) is 4.79 Å². The average Bonchev–Trinajstić information content (AvgIpc) is 2.91. The molecule has 5 heteroatoms. The summed E-state index contributed by atoms with van der Waals surface area (Å²) < 4.78 is 5.19. The van der Waals surface area contributed by atoms with E-state index in [2.05, 4.69) is 10.6 Å². The van der Waals surface area contributed by atoms with E-state index in [0.717, 1.165) is 24.3 Å². The minimum Gasteiger partial charge on any atom is -0.497 e. The average molecular weight is 299 g/mol. The number of benzene rings is 1. The Morgan fingerprint density at radius 2 is 2.35 bits per heavy atom. The normalized spacial score (nSPS) is 19.0. The van der Waals surface area contributed by atoms with E-state index in [1.54, 1.807) is 7.11 Å². The summed E-state index contributed by atoms with van der Waals surface area (Å²) in [5.41, 5.74) is 1.06. The molecule has 112 valence electrons. The van der Waals surface area contributed by atoms with E-state index in [1.165, 1.54) is 6.42 Å². The number of amides is 1. The van der Waals surface area contributed by atoms with E-state index in [0.29, 0.717) is 12.5 Å². The zero-order valence-corrected chi connectivity index (χ0v) is 12.8. The standard InChI is InChI=1S/C15H22N2O2.ClH/c1-11(12-5-3-7-14(9-12)19-2)17-15(18)10-13-6-4-8-16-13;/h3,5,7,9,11,13,16H,4,6,8,10H2,1-2H3,(H,17,18);1H. The molecular formula is C15H23ClN2O2. The van der Waals surface area contributed by atoms with Gasteiger partial charge in [-0.1, -0.05) is 12.1 Å². The summed E-state index contributed by atoms with van der Waals surface area (Å²) in [7, 11) is 1.65. The fraction of sp³-hybridized carbons (Fsp3) is 0.533. The predicted molar refractivity (Wildman–Crippen MR) is 82.4 cm³/mol. The minimum absolute atomic E-state index is 0. The SMILES string of the molecule is COc1cccc(C(C)NC(=O)CC2CCCN2)c1.Cl. The molecule has 1 aromatic rings. The summed E-state index contributed by atoms with van der Waals surface area (Å²) in [6.07, 6.45) is 2.83. The van der Waals surface area contributed by atoms with Crippen molar-refractivity contribution < 1.29 is 9.53 Å². The number of halogens is 1. The van der Waals surface area contributed by atoms with Crippen molar-refractivity contribution in [3.63, 3.8) is 0 Å². The molecule has 1 fully saturated rings. The van der Waals surface area contributed by atoms with Gasteiger partial charge in [-0.25, -0.2) is 0 Å². The Morgan fingerprint density at radius 3 is 3.00 bits per heavy atom. The molecular weight excluding hydrogens is 276 g/mol. The molecule has 1 aliphatic heterocycles. The second kappa shape index (κ2) is 8.12. The van der Waals surface area contributed by atoms with Gasteiger partial charge in [0.15, 0.2) is 0 Å². The molecule has 2 N–H and O–H groups in total. The number of carbonyl (C=O) groups excluding carboxylic acids is 1. The number of rotatable bonds is 5. The topological polar surface area (TPSA) is 50.4 Å². The highest BCUT2D eigenvalue weighted by Gasteiger charge is 2.18. The zero-order chi connectivity index (χ0) is 13.7. The van der Waals surface area contributed by atoms with Crippen LogP contribution in [0.15, 0.2) is 24.3 Å². The Bertz CT molecular complexity index is 434. The third-order valence-corrected chi connectivity index (χ3v) is 3.57. The lowest BCUT2D eigenvalue weighted by atomic mass is 10.1. The van der Waals surface area contributed by atoms with Gasteiger partial charge in [-0.3, -0.25) is 4.79 Å². The van der Waals surface area contributed by atoms with Gasteiger partial charge in [-0.05, 0) is 44.0 Å². The fourth-order valence-corrected chi connectivity index (χ4v) is 2.45. The molecule has 0 aromatic heterocycles. The lowest BCUT2D eigenvalue weighted by Gasteiger charge is -2.17. The van der Waals surface area contributed by atoms with E-state index in [-0.39, 0.29) is 24.4 Å². The van der Waals surface area contributed by atoms with Crippen LogP contribution in [0.25, 0.3) is 0 Å². The molecule has 1 amide bonds. The molecule has 2 unspecified atom stereocenters. The van der Waals surface area contributed by atoms with E-state index in [9.17, 15) is 4.79 Å². The van der Waals surface area contributed by atoms with Crippen molar-refractivity contribution in [2.45, 2.75) is 38.3 Å². The van der Waals surface area contributed by atoms with Gasteiger partial charge in [-0.15, -0.1) is 12.4 Å². The first-order valence-corrected chi connectivity index (χ1v) is 6.85. The molecule has 0 bridgehead atoms. The van der Waals surface area contributed by atoms with Gasteiger partial charge in [0.25, 0.3) is 0 Å². The molecule has 2 rings (SSSR count). The highest BCUT2D eigenvalue weighted by molar-refractivity contribution is 5.85. The van der Waals surface area contributed by atoms with Crippen LogP contribution in [0.5, 0.6) is 5.75 Å². The van der Waals surface area contributed by atoms with Gasteiger partial charge < -0.3 is 15.4 Å². The Morgan fingerprint density at radius 1 is 1.55 bits per heavy atom. The first-order chi connectivity index (χ1) is 9.19. The summed E-state index contributed by atoms with van der Waals surface area (Å²) in [4.78, 5) is 12.0. The van der Waals surface area contributed by atoms with Gasteiger partial charge in [0.2, 0.25) is 5.91 Å². The molecule has 0 spiro atoms. The van der Waals surface area contributed by atoms with Crippen LogP contribution >= 0.6 is 12.4 Å². The number of hydrogen-bond donors (Lipinski definition) is 2. The fourth-order valence-electron chi connectivity index (χ4n) is 2.45. The molecule has 20 heavy (non-hydrogen) atoms. The summed E-state index contributed by atoms with van der Waals surface area (Å²) >= 11 is 0. The van der Waals surface area contributed by atoms with Gasteiger partial charge in [-0.2, -0.15) is 0 Å². The molecule has 0 aliphatic carbocycles. The van der Waals surface area contributed by atoms with Crippen LogP contribution in [0.4, 0.5) is 0 Å². The molecule has 1 aliphatic rings. The molecule has 1 aromatic carbocycles. The lowest BCUT2D eigenvalue weighted by molar-refractivity contribution is -0.122. The van der Waals surface area contributed by atoms with Crippen molar-refractivity contribution in [3.05, 3.63) is 29.8 Å². The second-order valence-corrected chi connectivity index (χ2v) is 5.06. The van der Waals surface area contributed by atoms with Gasteiger partial charge in [0.05, 0.1) is 13.2 Å². The second-order valence-electron chi connectivity index (χ2n) is 5.06. The first kappa shape index (κ1) is 16.8. The van der Waals surface area contributed by atoms with Gasteiger partial charge in [0, 0.05) is 12.5 Å². The van der Waals surface area contributed by atoms with Crippen LogP contribution in [-0.4, -0.2) is 25.6 Å². The number of ether oxygens (including phenoxy) is 1. The van der Waals surface area contributed by atoms with E-state index < -0.39 is 0 Å². The van der Waals surface area contributed by atoms with Crippen LogP contribution in [0, 0.1) is 0 Å². The maximum absolute atomic E-state index is 12.0. The van der Waals surface area contributed by atoms with Crippen LogP contribution in [0.2, 0.25) is 0 Å². The Balaban J connectivity index is 0.00000200. The lowest BCUT2D eigenvalue weighted by Crippen LogP contribution is -2.33. The van der Waals surface area contributed by atoms with Crippen LogP contribution in [0.1, 0.15) is 37.8 Å². The van der Waals surface area contributed by atoms with Crippen LogP contribution in [0.3, 0.4) is 0 Å². The quantitative estimate of drug-likeness (QED) is 0.878. The number of hydrogen-bond acceptors (Lipinski definition) is 3. The van der Waals surface area contributed by atoms with Crippen LogP contribution < -0.4 is 15.4 Å². The van der Waals surface area contributed by atoms with E-state index in [4.69, 9.17) is 4.74 Å². The predicted octanol–water partition coefficient (Wildman–Crippen LogP) is 2.44. The van der Waals surface area contributed by atoms with Crippen molar-refractivity contribution in [3.8, 4) is 5.75 Å². The third-order valence-electron chi connectivity index (χ3n) is 3.57. The third kappa shape index (κ3) is 4.69. The van der Waals surface area contributed by atoms with Crippen molar-refractivity contribution in [2.75, 3.05) is 13.7 Å². The monoisotopic (exact) mass is 298 g/mol. The zero-order valence-electron chi connectivity index (χ0n) is 12.0. The molecule has 1 heterocycles. The van der Waals surface area contributed by atoms with Gasteiger partial charge >= 0.3 is 0 Å². The van der Waals surface area contributed by atoms with Crippen molar-refractivity contribution in [2.24, 2.45) is 0 Å². The summed E-state index contributed by atoms with van der Waals surface area (Å²) in [5, 5.41) is 6.38. The maximum Gasteiger partial charge on any atom is 0.222 e. The van der Waals surface area contributed by atoms with Crippen molar-refractivity contribution in [1.29, 1.82) is 0 Å². The first-order valence-electron chi connectivity index (χ1n) is 6.85. The van der Waals surface area contributed by atoms with Gasteiger partial charge in [0.1, 0.15) is 5.75 Å². The van der Waals surface area contributed by atoms with E-state index >= 15 is 0 Å². The Kier molecular flexibility index (Phi) is 6.82. The molecule has 4 nitrogen and oxygen atoms in total. The number of methoxy groups -OCH3 is 1. The van der Waals surface area contributed by atoms with Crippen molar-refractivity contribution in [1.82, 2.24) is 10.6 Å². The summed E-state index contributed by atoms with van der Waals surface area (Å²) in [5.74, 6) is 0.922. The van der Waals surface area contributed by atoms with Crippen molar-refractivity contribution >= 4 is 18.3 Å². The summed E-state index contributed by atoms with van der Waals surface area (Å²) in [6.45, 7) is 3.03. The molecule has 0 radical (unpaired) electrons. The minimum atomic E-state index is 0. The summed E-state index contributed by atoms with van der Waals surface area (Å²) in [6, 6.07) is 8.15.